The predicted octanol–water partition coefficient (Wildman–Crippen LogP) is 1.16. The fraction of sp³-hybridized carbons (Fsp3) is 0.412. The van der Waals surface area contributed by atoms with Crippen LogP contribution in [0.4, 0.5) is 5.82 Å². The monoisotopic (exact) mass is 327 g/mol. The molecular weight excluding hydrogens is 306 g/mol. The van der Waals surface area contributed by atoms with E-state index in [1.165, 1.54) is 0 Å². The molecule has 0 unspecified atom stereocenters. The van der Waals surface area contributed by atoms with Crippen LogP contribution in [-0.4, -0.2) is 59.0 Å². The number of nitrogens with zero attached hydrogens (tertiary/aromatic N) is 5. The molecule has 3 heterocycles. The van der Waals surface area contributed by atoms with Crippen LogP contribution in [0, 0.1) is 0 Å². The Hall–Kier alpha value is -2.70. The van der Waals surface area contributed by atoms with Crippen molar-refractivity contribution in [1.29, 1.82) is 0 Å². The second kappa shape index (κ2) is 7.72. The van der Waals surface area contributed by atoms with Crippen molar-refractivity contribution >= 4 is 11.7 Å². The molecule has 0 radical (unpaired) electrons. The van der Waals surface area contributed by atoms with Crippen LogP contribution in [-0.2, 0) is 11.2 Å². The fourth-order valence-corrected chi connectivity index (χ4v) is 2.74. The van der Waals surface area contributed by atoms with Crippen LogP contribution < -0.4 is 9.64 Å². The number of carbonyl (C=O) groups excluding carboxylic acids is 1. The number of aromatic nitrogens is 3. The predicted molar refractivity (Wildman–Crippen MR) is 89.9 cm³/mol. The van der Waals surface area contributed by atoms with Gasteiger partial charge in [0.15, 0.2) is 0 Å². The van der Waals surface area contributed by atoms with Gasteiger partial charge in [0.1, 0.15) is 11.6 Å². The molecule has 24 heavy (non-hydrogen) atoms. The lowest BCUT2D eigenvalue weighted by atomic mass is 10.2. The Morgan fingerprint density at radius 1 is 1.17 bits per heavy atom. The molecule has 0 aromatic carbocycles. The summed E-state index contributed by atoms with van der Waals surface area (Å²) in [5, 5.41) is 0. The molecule has 126 valence electrons. The molecule has 1 amide bonds. The molecule has 1 aliphatic rings. The van der Waals surface area contributed by atoms with Crippen LogP contribution in [0.1, 0.15) is 12.1 Å². The summed E-state index contributed by atoms with van der Waals surface area (Å²) in [4.78, 5) is 29.0. The van der Waals surface area contributed by atoms with Crippen molar-refractivity contribution in [2.45, 2.75) is 12.8 Å². The van der Waals surface area contributed by atoms with E-state index in [-0.39, 0.29) is 5.91 Å². The number of pyridine rings is 1. The molecule has 7 heteroatoms. The Bertz CT molecular complexity index is 672. The van der Waals surface area contributed by atoms with Gasteiger partial charge in [0.25, 0.3) is 0 Å². The zero-order valence-electron chi connectivity index (χ0n) is 13.8. The number of hydrogen-bond acceptors (Lipinski definition) is 6. The lowest BCUT2D eigenvalue weighted by molar-refractivity contribution is -0.131. The summed E-state index contributed by atoms with van der Waals surface area (Å²) in [6.07, 6.45) is 7.84. The molecule has 0 aliphatic carbocycles. The van der Waals surface area contributed by atoms with Gasteiger partial charge < -0.3 is 14.5 Å². The van der Waals surface area contributed by atoms with Crippen molar-refractivity contribution in [2.75, 3.05) is 38.2 Å². The van der Waals surface area contributed by atoms with Crippen molar-refractivity contribution in [3.63, 3.8) is 0 Å². The quantitative estimate of drug-likeness (QED) is 0.821. The van der Waals surface area contributed by atoms with Crippen LogP contribution in [0.5, 0.6) is 5.75 Å². The second-order valence-corrected chi connectivity index (χ2v) is 5.62. The minimum atomic E-state index is 0.166. The highest BCUT2D eigenvalue weighted by atomic mass is 16.5. The highest BCUT2D eigenvalue weighted by Gasteiger charge is 2.22. The Morgan fingerprint density at radius 3 is 2.71 bits per heavy atom. The second-order valence-electron chi connectivity index (χ2n) is 5.62. The van der Waals surface area contributed by atoms with E-state index in [1.54, 1.807) is 31.9 Å². The summed E-state index contributed by atoms with van der Waals surface area (Å²) < 4.78 is 5.24. The molecule has 1 fully saturated rings. The van der Waals surface area contributed by atoms with Crippen LogP contribution in [0.15, 0.2) is 36.9 Å². The third-order valence-electron chi connectivity index (χ3n) is 4.12. The molecule has 0 saturated carbocycles. The van der Waals surface area contributed by atoms with Crippen LogP contribution in [0.25, 0.3) is 0 Å². The Kier molecular flexibility index (Phi) is 5.20. The molecule has 0 bridgehead atoms. The maximum absolute atomic E-state index is 12.3. The smallest absolute Gasteiger partial charge is 0.223 e. The number of carbonyl (C=O) groups is 1. The topological polar surface area (TPSA) is 71.5 Å². The van der Waals surface area contributed by atoms with Gasteiger partial charge in [0.05, 0.1) is 12.8 Å². The number of amides is 1. The van der Waals surface area contributed by atoms with Crippen molar-refractivity contribution in [3.8, 4) is 5.75 Å². The molecule has 3 rings (SSSR count). The highest BCUT2D eigenvalue weighted by Crippen LogP contribution is 2.19. The molecule has 2 aromatic rings. The molecule has 0 N–H and O–H groups in total. The third kappa shape index (κ3) is 3.98. The number of ether oxygens (including phenoxy) is 1. The number of methoxy groups -OCH3 is 1. The van der Waals surface area contributed by atoms with E-state index in [1.807, 2.05) is 17.0 Å². The van der Waals surface area contributed by atoms with Gasteiger partial charge in [-0.15, -0.1) is 0 Å². The van der Waals surface area contributed by atoms with Crippen LogP contribution >= 0.6 is 0 Å². The van der Waals surface area contributed by atoms with E-state index < -0.39 is 0 Å². The van der Waals surface area contributed by atoms with Gasteiger partial charge in [-0.25, -0.2) is 4.98 Å². The van der Waals surface area contributed by atoms with Gasteiger partial charge in [0.2, 0.25) is 5.91 Å². The summed E-state index contributed by atoms with van der Waals surface area (Å²) in [5.74, 6) is 1.85. The maximum Gasteiger partial charge on any atom is 0.223 e. The van der Waals surface area contributed by atoms with E-state index >= 15 is 0 Å². The first-order valence-corrected chi connectivity index (χ1v) is 8.04. The van der Waals surface area contributed by atoms with E-state index in [9.17, 15) is 4.79 Å². The van der Waals surface area contributed by atoms with E-state index in [2.05, 4.69) is 19.9 Å². The van der Waals surface area contributed by atoms with Crippen molar-refractivity contribution < 1.29 is 9.53 Å². The number of aryl methyl sites for hydroxylation is 1. The first-order valence-electron chi connectivity index (χ1n) is 8.04. The molecule has 2 aromatic heterocycles. The lowest BCUT2D eigenvalue weighted by Gasteiger charge is -2.35. The van der Waals surface area contributed by atoms with E-state index in [0.29, 0.717) is 25.9 Å². The van der Waals surface area contributed by atoms with Crippen molar-refractivity contribution in [3.05, 3.63) is 42.6 Å². The minimum Gasteiger partial charge on any atom is -0.497 e. The minimum absolute atomic E-state index is 0.166. The molecule has 7 nitrogen and oxygen atoms in total. The van der Waals surface area contributed by atoms with Gasteiger partial charge in [-0.3, -0.25) is 14.8 Å². The van der Waals surface area contributed by atoms with Gasteiger partial charge in [-0.05, 0) is 12.5 Å². The molecular formula is C17H21N5O2. The Labute approximate surface area is 141 Å². The summed E-state index contributed by atoms with van der Waals surface area (Å²) in [6, 6.07) is 3.75. The first-order chi connectivity index (χ1) is 11.8. The zero-order chi connectivity index (χ0) is 16.8. The molecule has 1 saturated heterocycles. The third-order valence-corrected chi connectivity index (χ3v) is 4.12. The summed E-state index contributed by atoms with van der Waals surface area (Å²) in [6.45, 7) is 2.96. The standard InChI is InChI=1S/C17H21N5O2/c1-24-15-4-5-20-16(12-15)21-8-10-22(11-9-21)17(23)3-2-14-13-18-6-7-19-14/h4-7,12-13H,2-3,8-11H2,1H3. The maximum atomic E-state index is 12.3. The molecule has 1 aliphatic heterocycles. The number of piperazine rings is 1. The lowest BCUT2D eigenvalue weighted by Crippen LogP contribution is -2.49. The largest absolute Gasteiger partial charge is 0.497 e. The van der Waals surface area contributed by atoms with Crippen LogP contribution in [0.3, 0.4) is 0 Å². The van der Waals surface area contributed by atoms with Gasteiger partial charge in [-0.2, -0.15) is 0 Å². The fourth-order valence-electron chi connectivity index (χ4n) is 2.74. The van der Waals surface area contributed by atoms with E-state index in [0.717, 1.165) is 30.4 Å². The van der Waals surface area contributed by atoms with Gasteiger partial charge >= 0.3 is 0 Å². The number of rotatable bonds is 5. The van der Waals surface area contributed by atoms with Crippen molar-refractivity contribution in [1.82, 2.24) is 19.9 Å². The van der Waals surface area contributed by atoms with Gasteiger partial charge in [0, 0.05) is 63.5 Å². The number of anilines is 1. The van der Waals surface area contributed by atoms with Gasteiger partial charge in [-0.1, -0.05) is 0 Å². The number of hydrogen-bond donors (Lipinski definition) is 0. The molecule has 0 spiro atoms. The normalized spacial score (nSPS) is 14.5. The highest BCUT2D eigenvalue weighted by molar-refractivity contribution is 5.76. The summed E-state index contributed by atoms with van der Waals surface area (Å²) in [7, 11) is 1.65. The summed E-state index contributed by atoms with van der Waals surface area (Å²) >= 11 is 0. The average molecular weight is 327 g/mol. The van der Waals surface area contributed by atoms with Crippen LogP contribution in [0.2, 0.25) is 0 Å². The molecule has 0 atom stereocenters. The first kappa shape index (κ1) is 16.2. The zero-order valence-corrected chi connectivity index (χ0v) is 13.8. The Balaban J connectivity index is 1.50. The SMILES string of the molecule is COc1ccnc(N2CCN(C(=O)CCc3cnccn3)CC2)c1. The van der Waals surface area contributed by atoms with E-state index in [4.69, 9.17) is 4.74 Å². The average Bonchev–Trinajstić information content (AvgIpc) is 2.67. The summed E-state index contributed by atoms with van der Waals surface area (Å²) in [5.41, 5.74) is 0.852. The van der Waals surface area contributed by atoms with Crippen molar-refractivity contribution in [2.24, 2.45) is 0 Å². The Morgan fingerprint density at radius 2 is 2.00 bits per heavy atom.